The molecule has 1 saturated carbocycles. The molecule has 0 heterocycles. The van der Waals surface area contributed by atoms with E-state index in [1.165, 1.54) is 25.0 Å². The van der Waals surface area contributed by atoms with Crippen LogP contribution >= 0.6 is 11.8 Å². The van der Waals surface area contributed by atoms with Crippen molar-refractivity contribution in [1.29, 1.82) is 5.26 Å². The summed E-state index contributed by atoms with van der Waals surface area (Å²) in [6.45, 7) is 0.621. The fourth-order valence-corrected chi connectivity index (χ4v) is 3.41. The van der Waals surface area contributed by atoms with Gasteiger partial charge in [-0.25, -0.2) is 8.78 Å². The van der Waals surface area contributed by atoms with Crippen molar-refractivity contribution >= 4 is 17.4 Å². The molecule has 0 atom stereocenters. The number of nitriles is 1. The van der Waals surface area contributed by atoms with Gasteiger partial charge in [-0.15, -0.1) is 0 Å². The van der Waals surface area contributed by atoms with Gasteiger partial charge < -0.3 is 5.32 Å². The predicted octanol–water partition coefficient (Wildman–Crippen LogP) is 3.92. The lowest BCUT2D eigenvalue weighted by Gasteiger charge is -2.27. The Bertz CT molecular complexity index is 505. The minimum absolute atomic E-state index is 0.122. The number of hydrogen-bond acceptors (Lipinski definition) is 3. The average molecular weight is 282 g/mol. The third-order valence-corrected chi connectivity index (χ3v) is 5.17. The Hall–Kier alpha value is -1.28. The third kappa shape index (κ3) is 2.84. The van der Waals surface area contributed by atoms with Gasteiger partial charge in [0.1, 0.15) is 6.07 Å². The summed E-state index contributed by atoms with van der Waals surface area (Å²) >= 11 is 1.79. The monoisotopic (exact) mass is 282 g/mol. The smallest absolute Gasteiger partial charge is 0.183 e. The van der Waals surface area contributed by atoms with E-state index in [1.54, 1.807) is 17.8 Å². The highest BCUT2D eigenvalue weighted by Crippen LogP contribution is 2.40. The summed E-state index contributed by atoms with van der Waals surface area (Å²) in [4.78, 5) is 0. The van der Waals surface area contributed by atoms with E-state index in [9.17, 15) is 8.78 Å². The molecule has 0 amide bonds. The van der Waals surface area contributed by atoms with Crippen LogP contribution in [-0.4, -0.2) is 17.5 Å². The highest BCUT2D eigenvalue weighted by atomic mass is 32.2. The minimum Gasteiger partial charge on any atom is -0.381 e. The second-order valence-corrected chi connectivity index (χ2v) is 6.12. The summed E-state index contributed by atoms with van der Waals surface area (Å²) < 4.78 is 27.4. The van der Waals surface area contributed by atoms with Gasteiger partial charge in [-0.3, -0.25) is 0 Å². The van der Waals surface area contributed by atoms with Crippen molar-refractivity contribution in [1.82, 2.24) is 0 Å². The van der Waals surface area contributed by atoms with Crippen molar-refractivity contribution in [3.63, 3.8) is 0 Å². The zero-order valence-corrected chi connectivity index (χ0v) is 11.6. The van der Waals surface area contributed by atoms with Crippen LogP contribution in [0.1, 0.15) is 31.2 Å². The van der Waals surface area contributed by atoms with E-state index in [0.717, 1.165) is 12.8 Å². The molecule has 1 aliphatic carbocycles. The molecule has 1 aromatic rings. The molecule has 0 bridgehead atoms. The molecule has 2 rings (SSSR count). The van der Waals surface area contributed by atoms with Gasteiger partial charge in [0, 0.05) is 11.3 Å². The Morgan fingerprint density at radius 2 is 2.00 bits per heavy atom. The first-order valence-electron chi connectivity index (χ1n) is 6.29. The summed E-state index contributed by atoms with van der Waals surface area (Å²) in [5, 5.41) is 11.6. The van der Waals surface area contributed by atoms with Crippen molar-refractivity contribution in [3.8, 4) is 6.07 Å². The Balaban J connectivity index is 2.12. The van der Waals surface area contributed by atoms with Gasteiger partial charge in [0.2, 0.25) is 0 Å². The number of halogens is 2. The maximum atomic E-state index is 13.8. The molecule has 5 heteroatoms. The maximum Gasteiger partial charge on any atom is 0.183 e. The summed E-state index contributed by atoms with van der Waals surface area (Å²) in [5.41, 5.74) is -0.125. The summed E-state index contributed by atoms with van der Waals surface area (Å²) in [5.74, 6) is -2.04. The van der Waals surface area contributed by atoms with Crippen molar-refractivity contribution in [3.05, 3.63) is 29.3 Å². The lowest BCUT2D eigenvalue weighted by Crippen LogP contribution is -2.30. The summed E-state index contributed by atoms with van der Waals surface area (Å²) in [6, 6.07) is 4.37. The molecule has 1 aliphatic rings. The van der Waals surface area contributed by atoms with Crippen molar-refractivity contribution in [2.45, 2.75) is 30.4 Å². The van der Waals surface area contributed by atoms with E-state index in [-0.39, 0.29) is 16.0 Å². The van der Waals surface area contributed by atoms with Crippen LogP contribution in [-0.2, 0) is 0 Å². The minimum atomic E-state index is -1.07. The molecular weight excluding hydrogens is 266 g/mol. The number of nitrogens with zero attached hydrogens (tertiary/aromatic N) is 1. The van der Waals surface area contributed by atoms with Gasteiger partial charge in [-0.1, -0.05) is 12.8 Å². The van der Waals surface area contributed by atoms with Gasteiger partial charge in [0.05, 0.1) is 11.3 Å². The first-order chi connectivity index (χ1) is 9.12. The normalized spacial score (nSPS) is 17.2. The molecular formula is C14H16F2N2S. The van der Waals surface area contributed by atoms with Gasteiger partial charge in [-0.05, 0) is 31.2 Å². The first kappa shape index (κ1) is 14.1. The van der Waals surface area contributed by atoms with Crippen molar-refractivity contribution in [2.75, 3.05) is 18.1 Å². The molecule has 1 N–H and O–H groups in total. The molecule has 0 unspecified atom stereocenters. The van der Waals surface area contributed by atoms with E-state index in [2.05, 4.69) is 11.6 Å². The van der Waals surface area contributed by atoms with Crippen LogP contribution < -0.4 is 5.32 Å². The third-order valence-electron chi connectivity index (χ3n) is 3.75. The van der Waals surface area contributed by atoms with Crippen LogP contribution in [0, 0.1) is 23.0 Å². The van der Waals surface area contributed by atoms with Gasteiger partial charge in [-0.2, -0.15) is 17.0 Å². The van der Waals surface area contributed by atoms with E-state index in [1.807, 2.05) is 0 Å². The quantitative estimate of drug-likeness (QED) is 0.909. The Morgan fingerprint density at radius 1 is 1.32 bits per heavy atom. The molecule has 19 heavy (non-hydrogen) atoms. The van der Waals surface area contributed by atoms with Crippen molar-refractivity contribution < 1.29 is 8.78 Å². The molecule has 0 radical (unpaired) electrons. The Morgan fingerprint density at radius 3 is 2.58 bits per heavy atom. The SMILES string of the molecule is CSC1(CNc2ccc(C#N)c(F)c2F)CCCC1. The number of anilines is 1. The van der Waals surface area contributed by atoms with Crippen LogP contribution in [0.25, 0.3) is 0 Å². The van der Waals surface area contributed by atoms with Gasteiger partial charge in [0.15, 0.2) is 11.6 Å². The summed E-state index contributed by atoms with van der Waals surface area (Å²) in [7, 11) is 0. The van der Waals surface area contributed by atoms with E-state index in [4.69, 9.17) is 5.26 Å². The number of nitrogens with one attached hydrogen (secondary N) is 1. The van der Waals surface area contributed by atoms with Crippen LogP contribution in [0.2, 0.25) is 0 Å². The van der Waals surface area contributed by atoms with Crippen LogP contribution in [0.3, 0.4) is 0 Å². The standard InChI is InChI=1S/C14H16F2N2S/c1-19-14(6-2-3-7-14)9-18-11-5-4-10(8-17)12(15)13(11)16/h4-5,18H,2-3,6-7,9H2,1H3. The average Bonchev–Trinajstić information content (AvgIpc) is 2.90. The summed E-state index contributed by atoms with van der Waals surface area (Å²) in [6.07, 6.45) is 6.63. The number of rotatable bonds is 4. The fraction of sp³-hybridized carbons (Fsp3) is 0.500. The number of thioether (sulfide) groups is 1. The number of benzene rings is 1. The van der Waals surface area contributed by atoms with Crippen LogP contribution in [0.15, 0.2) is 12.1 Å². The predicted molar refractivity (Wildman–Crippen MR) is 74.3 cm³/mol. The molecule has 1 aromatic carbocycles. The molecule has 102 valence electrons. The largest absolute Gasteiger partial charge is 0.381 e. The number of hydrogen-bond donors (Lipinski definition) is 1. The first-order valence-corrected chi connectivity index (χ1v) is 7.51. The Kier molecular flexibility index (Phi) is 4.31. The highest BCUT2D eigenvalue weighted by Gasteiger charge is 2.33. The molecule has 0 saturated heterocycles. The zero-order valence-electron chi connectivity index (χ0n) is 10.8. The van der Waals surface area contributed by atoms with Crippen LogP contribution in [0.4, 0.5) is 14.5 Å². The lowest BCUT2D eigenvalue weighted by molar-refractivity contribution is 0.507. The highest BCUT2D eigenvalue weighted by molar-refractivity contribution is 8.00. The molecule has 0 spiro atoms. The molecule has 0 aliphatic heterocycles. The molecule has 0 aromatic heterocycles. The second-order valence-electron chi connectivity index (χ2n) is 4.85. The fourth-order valence-electron chi connectivity index (χ4n) is 2.50. The van der Waals surface area contributed by atoms with Gasteiger partial charge >= 0.3 is 0 Å². The topological polar surface area (TPSA) is 35.8 Å². The van der Waals surface area contributed by atoms with E-state index < -0.39 is 11.6 Å². The maximum absolute atomic E-state index is 13.8. The zero-order chi connectivity index (χ0) is 13.9. The van der Waals surface area contributed by atoms with Crippen LogP contribution in [0.5, 0.6) is 0 Å². The van der Waals surface area contributed by atoms with Crippen molar-refractivity contribution in [2.24, 2.45) is 0 Å². The molecule has 2 nitrogen and oxygen atoms in total. The van der Waals surface area contributed by atoms with E-state index in [0.29, 0.717) is 6.54 Å². The Labute approximate surface area is 116 Å². The second kappa shape index (κ2) is 5.79. The lowest BCUT2D eigenvalue weighted by atomic mass is 10.1. The molecule has 1 fully saturated rings. The van der Waals surface area contributed by atoms with E-state index >= 15 is 0 Å². The van der Waals surface area contributed by atoms with Gasteiger partial charge in [0.25, 0.3) is 0 Å².